The first kappa shape index (κ1) is 25.4. The Labute approximate surface area is 150 Å². The molecule has 0 aliphatic heterocycles. The quantitative estimate of drug-likeness (QED) is 0.249. The van der Waals surface area contributed by atoms with Gasteiger partial charge < -0.3 is 10.2 Å². The van der Waals surface area contributed by atoms with Gasteiger partial charge in [-0.15, -0.1) is 0 Å². The van der Waals surface area contributed by atoms with Gasteiger partial charge in [0.1, 0.15) is 0 Å². The van der Waals surface area contributed by atoms with Gasteiger partial charge in [-0.3, -0.25) is 0 Å². The average molecular weight is 343 g/mol. The van der Waals surface area contributed by atoms with E-state index in [-0.39, 0.29) is 0 Å². The molecule has 0 aromatic carbocycles. The smallest absolute Gasteiger partial charge is 0.327 e. The van der Waals surface area contributed by atoms with Crippen LogP contribution in [0, 0.1) is 0 Å². The maximum absolute atomic E-state index is 10.2. The summed E-state index contributed by atoms with van der Waals surface area (Å²) in [6, 6.07) is 0. The van der Waals surface area contributed by atoms with Crippen molar-refractivity contribution in [1.82, 2.24) is 0 Å². The van der Waals surface area contributed by atoms with E-state index in [4.69, 9.17) is 10.2 Å². The topological polar surface area (TPSA) is 57.5 Å². The number of rotatable bonds is 16. The van der Waals surface area contributed by atoms with Crippen molar-refractivity contribution in [2.45, 2.75) is 110 Å². The molecular weight excluding hydrogens is 300 g/mol. The minimum Gasteiger partial charge on any atom is -0.478 e. The Morgan fingerprint density at radius 1 is 0.708 bits per heavy atom. The third-order valence-electron chi connectivity index (χ3n) is 3.96. The maximum Gasteiger partial charge on any atom is 0.327 e. The van der Waals surface area contributed by atoms with E-state index >= 15 is 0 Å². The van der Waals surface area contributed by atoms with Gasteiger partial charge >= 0.3 is 5.97 Å². The second kappa shape index (κ2) is 24.4. The zero-order chi connectivity index (χ0) is 18.3. The van der Waals surface area contributed by atoms with Crippen LogP contribution in [0.4, 0.5) is 0 Å². The zero-order valence-electron chi connectivity index (χ0n) is 16.3. The van der Waals surface area contributed by atoms with Gasteiger partial charge in [0.25, 0.3) is 0 Å². The zero-order valence-corrected chi connectivity index (χ0v) is 16.3. The average Bonchev–Trinajstić information content (AvgIpc) is 2.58. The van der Waals surface area contributed by atoms with Crippen molar-refractivity contribution < 1.29 is 15.0 Å². The first-order valence-electron chi connectivity index (χ1n) is 10.2. The van der Waals surface area contributed by atoms with Crippen molar-refractivity contribution in [2.24, 2.45) is 0 Å². The van der Waals surface area contributed by atoms with Crippen LogP contribution in [-0.2, 0) is 4.79 Å². The number of carbonyl (C=O) groups is 1. The van der Waals surface area contributed by atoms with E-state index in [1.54, 1.807) is 6.08 Å². The molecule has 0 heterocycles. The number of hydrogen-bond acceptors (Lipinski definition) is 2. The van der Waals surface area contributed by atoms with Crippen molar-refractivity contribution in [3.63, 3.8) is 0 Å². The number of carboxylic acid groups (broad SMARTS) is 1. The van der Waals surface area contributed by atoms with Gasteiger partial charge in [0.2, 0.25) is 0 Å². The molecule has 0 aliphatic rings. The van der Waals surface area contributed by atoms with Gasteiger partial charge in [0.15, 0.2) is 0 Å². The van der Waals surface area contributed by atoms with Gasteiger partial charge in [0.05, 0.1) is 0 Å². The Kier molecular flexibility index (Phi) is 25.9. The molecule has 0 saturated heterocycles. The lowest BCUT2D eigenvalue weighted by atomic mass is 10.0. The Morgan fingerprint density at radius 2 is 1.08 bits per heavy atom. The molecule has 144 valence electrons. The summed E-state index contributed by atoms with van der Waals surface area (Å²) in [5, 5.41) is 16.3. The molecule has 0 unspecified atom stereocenters. The van der Waals surface area contributed by atoms with Crippen LogP contribution in [0.5, 0.6) is 0 Å². The van der Waals surface area contributed by atoms with E-state index in [1.807, 2.05) is 6.92 Å². The third kappa shape index (κ3) is 29.2. The van der Waals surface area contributed by atoms with E-state index in [1.165, 1.54) is 83.1 Å². The minimum absolute atomic E-state index is 0.319. The molecule has 0 radical (unpaired) electrons. The first-order chi connectivity index (χ1) is 11.7. The molecule has 0 bridgehead atoms. The predicted octanol–water partition coefficient (Wildman–Crippen LogP) is 6.50. The highest BCUT2D eigenvalue weighted by molar-refractivity contribution is 5.79. The first-order valence-corrected chi connectivity index (χ1v) is 10.2. The standard InChI is InChI=1S/C18H34O2.C3H8O/c1-2-3-4-5-6-7-8-9-10-11-12-13-14-15-16-17-18(19)20;1-2-3-4/h16-17H,2-15H2,1H3,(H,19,20);4H,2-3H2,1H3. The van der Waals surface area contributed by atoms with Crippen LogP contribution in [0.25, 0.3) is 0 Å². The molecule has 0 fully saturated rings. The SMILES string of the molecule is CCCCCCCCCCCCCCCC=CC(=O)O.CCCO. The van der Waals surface area contributed by atoms with E-state index in [0.717, 1.165) is 19.3 Å². The van der Waals surface area contributed by atoms with Crippen LogP contribution < -0.4 is 0 Å². The largest absolute Gasteiger partial charge is 0.478 e. The summed E-state index contributed by atoms with van der Waals surface area (Å²) in [5.41, 5.74) is 0. The molecule has 0 amide bonds. The fourth-order valence-electron chi connectivity index (χ4n) is 2.46. The molecule has 3 heteroatoms. The molecule has 24 heavy (non-hydrogen) atoms. The molecule has 2 N–H and O–H groups in total. The lowest BCUT2D eigenvalue weighted by Gasteiger charge is -2.02. The molecule has 3 nitrogen and oxygen atoms in total. The second-order valence-electron chi connectivity index (χ2n) is 6.50. The molecule has 0 aromatic heterocycles. The highest BCUT2D eigenvalue weighted by atomic mass is 16.4. The lowest BCUT2D eigenvalue weighted by molar-refractivity contribution is -0.131. The Balaban J connectivity index is 0. The van der Waals surface area contributed by atoms with Gasteiger partial charge in [-0.25, -0.2) is 4.79 Å². The number of hydrogen-bond donors (Lipinski definition) is 2. The summed E-state index contributed by atoms with van der Waals surface area (Å²) in [6.07, 6.45) is 22.4. The van der Waals surface area contributed by atoms with Crippen molar-refractivity contribution in [3.05, 3.63) is 12.2 Å². The van der Waals surface area contributed by atoms with Crippen molar-refractivity contribution in [2.75, 3.05) is 6.61 Å². The van der Waals surface area contributed by atoms with E-state index < -0.39 is 5.97 Å². The summed E-state index contributed by atoms with van der Waals surface area (Å²) in [6.45, 7) is 4.52. The summed E-state index contributed by atoms with van der Waals surface area (Å²) in [4.78, 5) is 10.2. The van der Waals surface area contributed by atoms with Gasteiger partial charge in [0, 0.05) is 12.7 Å². The molecule has 0 spiro atoms. The summed E-state index contributed by atoms with van der Waals surface area (Å²) in [7, 11) is 0. The van der Waals surface area contributed by atoms with Crippen LogP contribution in [0.15, 0.2) is 12.2 Å². The Morgan fingerprint density at radius 3 is 1.42 bits per heavy atom. The molecular formula is C21H42O3. The van der Waals surface area contributed by atoms with E-state index in [9.17, 15) is 4.79 Å². The fraction of sp³-hybridized carbons (Fsp3) is 0.857. The van der Waals surface area contributed by atoms with Crippen molar-refractivity contribution >= 4 is 5.97 Å². The number of aliphatic hydroxyl groups is 1. The minimum atomic E-state index is -0.834. The van der Waals surface area contributed by atoms with Crippen LogP contribution in [0.2, 0.25) is 0 Å². The monoisotopic (exact) mass is 342 g/mol. The molecule has 0 saturated carbocycles. The normalized spacial score (nSPS) is 10.6. The highest BCUT2D eigenvalue weighted by Gasteiger charge is 1.93. The number of aliphatic hydroxyl groups excluding tert-OH is 1. The van der Waals surface area contributed by atoms with Crippen LogP contribution in [0.3, 0.4) is 0 Å². The fourth-order valence-corrected chi connectivity index (χ4v) is 2.46. The molecule has 0 aliphatic carbocycles. The summed E-state index contributed by atoms with van der Waals surface area (Å²) < 4.78 is 0. The lowest BCUT2D eigenvalue weighted by Crippen LogP contribution is -1.86. The van der Waals surface area contributed by atoms with Crippen molar-refractivity contribution in [3.8, 4) is 0 Å². The molecule has 0 rings (SSSR count). The molecule has 0 atom stereocenters. The van der Waals surface area contributed by atoms with Crippen LogP contribution >= 0.6 is 0 Å². The van der Waals surface area contributed by atoms with Gasteiger partial charge in [-0.2, -0.15) is 0 Å². The highest BCUT2D eigenvalue weighted by Crippen LogP contribution is 2.12. The Hall–Kier alpha value is -0.830. The van der Waals surface area contributed by atoms with E-state index in [2.05, 4.69) is 6.92 Å². The number of carboxylic acids is 1. The van der Waals surface area contributed by atoms with Crippen LogP contribution in [0.1, 0.15) is 110 Å². The number of aliphatic carboxylic acids is 1. The number of allylic oxidation sites excluding steroid dienone is 1. The van der Waals surface area contributed by atoms with Gasteiger partial charge in [-0.1, -0.05) is 97.0 Å². The van der Waals surface area contributed by atoms with Crippen molar-refractivity contribution in [1.29, 1.82) is 0 Å². The third-order valence-corrected chi connectivity index (χ3v) is 3.96. The number of unbranched alkanes of at least 4 members (excludes halogenated alkanes) is 13. The predicted molar refractivity (Wildman–Crippen MR) is 104 cm³/mol. The summed E-state index contributed by atoms with van der Waals surface area (Å²) in [5.74, 6) is -0.834. The molecule has 0 aromatic rings. The second-order valence-corrected chi connectivity index (χ2v) is 6.50. The maximum atomic E-state index is 10.2. The van der Waals surface area contributed by atoms with Gasteiger partial charge in [-0.05, 0) is 19.3 Å². The Bertz CT molecular complexity index is 260. The van der Waals surface area contributed by atoms with Crippen LogP contribution in [-0.4, -0.2) is 22.8 Å². The van der Waals surface area contributed by atoms with E-state index in [0.29, 0.717) is 6.61 Å². The summed E-state index contributed by atoms with van der Waals surface area (Å²) >= 11 is 0.